The zero-order valence-electron chi connectivity index (χ0n) is 37.8. The highest BCUT2D eigenvalue weighted by atomic mass is 16.5. The van der Waals surface area contributed by atoms with E-state index in [0.717, 1.165) is 56.6 Å². The zero-order chi connectivity index (χ0) is 46.4. The zero-order valence-corrected chi connectivity index (χ0v) is 37.8. The highest BCUT2D eigenvalue weighted by Gasteiger charge is 2.20. The number of ether oxygens (including phenoxy) is 5. The maximum Gasteiger partial charge on any atom is 0.338 e. The largest absolute Gasteiger partial charge is 0.491 e. The minimum atomic E-state index is -1.02. The molecule has 0 unspecified atom stereocenters. The van der Waals surface area contributed by atoms with Crippen molar-refractivity contribution >= 4 is 34.0 Å². The summed E-state index contributed by atoms with van der Waals surface area (Å²) in [5.41, 5.74) is 7.79. The van der Waals surface area contributed by atoms with E-state index in [-0.39, 0.29) is 37.4 Å². The van der Waals surface area contributed by atoms with Gasteiger partial charge in [-0.15, -0.1) is 10.2 Å². The molecule has 0 radical (unpaired) electrons. The second kappa shape index (κ2) is 20.8. The van der Waals surface area contributed by atoms with Crippen molar-refractivity contribution in [1.82, 2.24) is 30.0 Å². The number of benzene rings is 6. The van der Waals surface area contributed by atoms with Crippen LogP contribution in [0.15, 0.2) is 121 Å². The smallest absolute Gasteiger partial charge is 0.338 e. The standard InChI is InChI=1S/C26H27N3O4.C25H25N3O4.CH4/c1-16(2)32-20-10-6-18(7-11-20)22-15-25-24(14-23(22)26(30)31-5)27-28-29(25)19-8-12-21(13-9-19)33-17(3)4;1-15(2)31-19-9-5-17(6-10-19)21-14-24-23(13-22(21)25(29)30)26-27-28(24)18-7-11-20(12-8-18)32-16(3)4;/h6-17H,1-5H3;5-16H,1-4H3,(H,29,30);1H4. The number of carboxylic acid groups (broad SMARTS) is 1. The van der Waals surface area contributed by atoms with Gasteiger partial charge < -0.3 is 28.8 Å². The first-order valence-electron chi connectivity index (χ1n) is 21.4. The molecule has 0 aliphatic carbocycles. The minimum absolute atomic E-state index is 0. The third-order valence-corrected chi connectivity index (χ3v) is 9.79. The highest BCUT2D eigenvalue weighted by Crippen LogP contribution is 2.33. The van der Waals surface area contributed by atoms with E-state index in [1.54, 1.807) is 21.5 Å². The van der Waals surface area contributed by atoms with E-state index in [1.807, 2.05) is 165 Å². The Labute approximate surface area is 384 Å². The summed E-state index contributed by atoms with van der Waals surface area (Å²) >= 11 is 0. The number of carbonyl (C=O) groups excluding carboxylic acids is 1. The van der Waals surface area contributed by atoms with Gasteiger partial charge in [-0.1, -0.05) is 42.1 Å². The molecule has 0 saturated carbocycles. The molecule has 0 spiro atoms. The fraction of sp³-hybridized carbons (Fsp3) is 0.269. The van der Waals surface area contributed by atoms with Crippen LogP contribution in [0.2, 0.25) is 0 Å². The second-order valence-corrected chi connectivity index (χ2v) is 16.3. The van der Waals surface area contributed by atoms with Crippen LogP contribution >= 0.6 is 0 Å². The molecule has 0 aliphatic heterocycles. The average Bonchev–Trinajstić information content (AvgIpc) is 3.89. The number of hydrogen-bond acceptors (Lipinski definition) is 11. The highest BCUT2D eigenvalue weighted by molar-refractivity contribution is 6.02. The number of nitrogens with zero attached hydrogens (tertiary/aromatic N) is 6. The predicted molar refractivity (Wildman–Crippen MR) is 257 cm³/mol. The van der Waals surface area contributed by atoms with Gasteiger partial charge in [-0.05, 0) is 175 Å². The Morgan fingerprint density at radius 2 is 0.803 bits per heavy atom. The molecule has 2 heterocycles. The van der Waals surface area contributed by atoms with Gasteiger partial charge in [0.15, 0.2) is 0 Å². The van der Waals surface area contributed by atoms with Crippen molar-refractivity contribution in [3.63, 3.8) is 0 Å². The number of carbonyl (C=O) groups is 2. The summed E-state index contributed by atoms with van der Waals surface area (Å²) in [5.74, 6) is 1.61. The molecule has 0 atom stereocenters. The molecule has 14 heteroatoms. The van der Waals surface area contributed by atoms with Crippen LogP contribution in [0.25, 0.3) is 55.7 Å². The third kappa shape index (κ3) is 11.1. The number of carboxylic acids is 1. The van der Waals surface area contributed by atoms with Gasteiger partial charge in [0.05, 0.1) is 65.1 Å². The Morgan fingerprint density at radius 3 is 1.12 bits per heavy atom. The first-order valence-corrected chi connectivity index (χ1v) is 21.4. The van der Waals surface area contributed by atoms with Gasteiger partial charge in [-0.2, -0.15) is 0 Å². The molecule has 0 saturated heterocycles. The number of rotatable bonds is 14. The second-order valence-electron chi connectivity index (χ2n) is 16.3. The molecule has 8 aromatic rings. The molecule has 0 aliphatic rings. The predicted octanol–water partition coefficient (Wildman–Crippen LogP) is 11.4. The number of fused-ring (bicyclic) bond motifs is 2. The number of aromatic carboxylic acids is 1. The van der Waals surface area contributed by atoms with Crippen molar-refractivity contribution < 1.29 is 38.4 Å². The molecule has 0 bridgehead atoms. The SMILES string of the molecule is C.CC(C)Oc1ccc(-c2cc3c(cc2C(=O)O)nnn3-c2ccc(OC(C)C)cc2)cc1.COC(=O)c1cc2nnn(-c3ccc(OC(C)C)cc3)c2cc1-c1ccc(OC(C)C)cc1. The van der Waals surface area contributed by atoms with Crippen molar-refractivity contribution in [3.8, 4) is 56.6 Å². The normalized spacial score (nSPS) is 11.1. The monoisotopic (exact) mass is 892 g/mol. The lowest BCUT2D eigenvalue weighted by molar-refractivity contribution is 0.0600. The first kappa shape index (κ1) is 47.7. The Kier molecular flexibility index (Phi) is 15.1. The molecular weight excluding hydrogens is 837 g/mol. The molecule has 0 fully saturated rings. The van der Waals surface area contributed by atoms with Gasteiger partial charge in [0, 0.05) is 0 Å². The molecule has 8 rings (SSSR count). The van der Waals surface area contributed by atoms with Crippen molar-refractivity contribution in [2.75, 3.05) is 7.11 Å². The lowest BCUT2D eigenvalue weighted by Gasteiger charge is -2.13. The molecular formula is C52H56N6O8. The first-order chi connectivity index (χ1) is 31.2. The third-order valence-electron chi connectivity index (χ3n) is 9.79. The summed E-state index contributed by atoms with van der Waals surface area (Å²) in [6.45, 7) is 15.8. The van der Waals surface area contributed by atoms with Gasteiger partial charge in [-0.25, -0.2) is 19.0 Å². The van der Waals surface area contributed by atoms with E-state index < -0.39 is 11.9 Å². The Balaban J connectivity index is 0.000000215. The summed E-state index contributed by atoms with van der Waals surface area (Å²) in [7, 11) is 1.37. The van der Waals surface area contributed by atoms with Crippen LogP contribution in [0.3, 0.4) is 0 Å². The number of hydrogen-bond donors (Lipinski definition) is 1. The van der Waals surface area contributed by atoms with Crippen molar-refractivity contribution in [3.05, 3.63) is 132 Å². The van der Waals surface area contributed by atoms with Crippen LogP contribution in [-0.2, 0) is 4.74 Å². The maximum atomic E-state index is 12.6. The van der Waals surface area contributed by atoms with E-state index >= 15 is 0 Å². The van der Waals surface area contributed by atoms with Gasteiger partial charge in [0.25, 0.3) is 0 Å². The van der Waals surface area contributed by atoms with Gasteiger partial charge in [0.1, 0.15) is 34.0 Å². The summed E-state index contributed by atoms with van der Waals surface area (Å²) < 4.78 is 31.4. The van der Waals surface area contributed by atoms with E-state index in [1.165, 1.54) is 7.11 Å². The molecule has 66 heavy (non-hydrogen) atoms. The van der Waals surface area contributed by atoms with Crippen LogP contribution in [-0.4, -0.2) is 78.6 Å². The maximum absolute atomic E-state index is 12.6. The van der Waals surface area contributed by atoms with Gasteiger partial charge in [-0.3, -0.25) is 0 Å². The topological polar surface area (TPSA) is 162 Å². The van der Waals surface area contributed by atoms with Gasteiger partial charge in [0.2, 0.25) is 0 Å². The minimum Gasteiger partial charge on any atom is -0.491 e. The van der Waals surface area contributed by atoms with Gasteiger partial charge >= 0.3 is 11.9 Å². The van der Waals surface area contributed by atoms with Crippen molar-refractivity contribution in [2.24, 2.45) is 0 Å². The fourth-order valence-electron chi connectivity index (χ4n) is 7.10. The number of aromatic nitrogens is 6. The number of methoxy groups -OCH3 is 1. The van der Waals surface area contributed by atoms with E-state index in [4.69, 9.17) is 23.7 Å². The van der Waals surface area contributed by atoms with E-state index in [2.05, 4.69) is 20.6 Å². The molecule has 342 valence electrons. The molecule has 0 amide bonds. The van der Waals surface area contributed by atoms with Crippen molar-refractivity contribution in [1.29, 1.82) is 0 Å². The summed E-state index contributed by atoms with van der Waals surface area (Å²) in [4.78, 5) is 24.5. The quantitative estimate of drug-likeness (QED) is 0.103. The van der Waals surface area contributed by atoms with Crippen LogP contribution < -0.4 is 18.9 Å². The van der Waals surface area contributed by atoms with E-state index in [0.29, 0.717) is 27.7 Å². The Morgan fingerprint density at radius 1 is 0.485 bits per heavy atom. The summed E-state index contributed by atoms with van der Waals surface area (Å²) in [6, 6.07) is 37.3. The lowest BCUT2D eigenvalue weighted by atomic mass is 9.98. The number of esters is 1. The van der Waals surface area contributed by atoms with Crippen LogP contribution in [0, 0.1) is 0 Å². The Hall–Kier alpha value is -7.74. The molecule has 14 nitrogen and oxygen atoms in total. The Bertz CT molecular complexity index is 2900. The fourth-order valence-corrected chi connectivity index (χ4v) is 7.10. The van der Waals surface area contributed by atoms with E-state index in [9.17, 15) is 14.7 Å². The summed E-state index contributed by atoms with van der Waals surface area (Å²) in [6.07, 6.45) is 0.321. The lowest BCUT2D eigenvalue weighted by Crippen LogP contribution is -2.06. The summed E-state index contributed by atoms with van der Waals surface area (Å²) in [5, 5.41) is 26.8. The van der Waals surface area contributed by atoms with Crippen molar-refractivity contribution in [2.45, 2.75) is 87.2 Å². The molecule has 1 N–H and O–H groups in total. The average molecular weight is 893 g/mol. The molecule has 6 aromatic carbocycles. The van der Waals surface area contributed by atoms with Crippen LogP contribution in [0.5, 0.6) is 23.0 Å². The van der Waals surface area contributed by atoms with Crippen LogP contribution in [0.1, 0.15) is 83.5 Å². The van der Waals surface area contributed by atoms with Crippen LogP contribution in [0.4, 0.5) is 0 Å². The molecule has 2 aromatic heterocycles.